The van der Waals surface area contributed by atoms with Gasteiger partial charge in [0.05, 0.1) is 28.6 Å². The quantitative estimate of drug-likeness (QED) is 0.422. The van der Waals surface area contributed by atoms with E-state index < -0.39 is 10.0 Å². The second-order valence-electron chi connectivity index (χ2n) is 9.28. The van der Waals surface area contributed by atoms with E-state index in [4.69, 9.17) is 9.72 Å². The molecule has 0 bridgehead atoms. The van der Waals surface area contributed by atoms with Crippen LogP contribution in [0.4, 0.5) is 4.39 Å². The van der Waals surface area contributed by atoms with Gasteiger partial charge in [-0.2, -0.15) is 4.31 Å². The van der Waals surface area contributed by atoms with Crippen LogP contribution < -0.4 is 0 Å². The molecular weight excluding hydrogens is 473 g/mol. The highest BCUT2D eigenvalue weighted by molar-refractivity contribution is 7.98. The first kappa shape index (κ1) is 23.8. The van der Waals surface area contributed by atoms with Crippen LogP contribution >= 0.6 is 11.8 Å². The van der Waals surface area contributed by atoms with Gasteiger partial charge in [0.1, 0.15) is 5.82 Å². The number of hydrogen-bond donors (Lipinski definition) is 0. The first-order chi connectivity index (χ1) is 16.4. The van der Waals surface area contributed by atoms with Crippen LogP contribution in [-0.2, 0) is 27.1 Å². The Kier molecular flexibility index (Phi) is 6.97. The summed E-state index contributed by atoms with van der Waals surface area (Å²) in [6.07, 6.45) is 4.06. The Labute approximate surface area is 204 Å². The molecule has 6 nitrogen and oxygen atoms in total. The summed E-state index contributed by atoms with van der Waals surface area (Å²) in [6, 6.07) is 12.0. The van der Waals surface area contributed by atoms with Gasteiger partial charge in [0.25, 0.3) is 0 Å². The number of piperidine rings is 1. The van der Waals surface area contributed by atoms with Gasteiger partial charge in [0, 0.05) is 25.4 Å². The van der Waals surface area contributed by atoms with E-state index in [0.29, 0.717) is 42.4 Å². The summed E-state index contributed by atoms with van der Waals surface area (Å²) in [4.78, 5) is 5.08. The molecule has 2 aromatic carbocycles. The Morgan fingerprint density at radius 3 is 2.79 bits per heavy atom. The van der Waals surface area contributed by atoms with Crippen molar-refractivity contribution in [1.82, 2.24) is 13.9 Å². The highest BCUT2D eigenvalue weighted by Crippen LogP contribution is 2.32. The molecule has 0 N–H and O–H groups in total. The number of rotatable bonds is 7. The number of hydrogen-bond acceptors (Lipinski definition) is 5. The molecule has 2 atom stereocenters. The number of fused-ring (bicyclic) bond motifs is 1. The normalized spacial score (nSPS) is 21.9. The van der Waals surface area contributed by atoms with Crippen LogP contribution in [0.2, 0.25) is 0 Å². The van der Waals surface area contributed by atoms with Gasteiger partial charge in [0.2, 0.25) is 10.0 Å². The van der Waals surface area contributed by atoms with E-state index in [9.17, 15) is 12.8 Å². The summed E-state index contributed by atoms with van der Waals surface area (Å²) in [7, 11) is -3.57. The summed E-state index contributed by atoms with van der Waals surface area (Å²) in [5.74, 6) is 0.568. The Morgan fingerprint density at radius 1 is 1.18 bits per heavy atom. The first-order valence-corrected chi connectivity index (χ1v) is 14.3. The molecule has 2 fully saturated rings. The second kappa shape index (κ2) is 9.97. The van der Waals surface area contributed by atoms with Crippen LogP contribution in [-0.4, -0.2) is 48.1 Å². The van der Waals surface area contributed by atoms with Crippen LogP contribution in [0.15, 0.2) is 52.5 Å². The minimum absolute atomic E-state index is 0.100. The standard InChI is InChI=1S/C25H30FN3O3S2/c1-18-6-4-12-28(15-18)34(30,31)21-10-11-24-23(14-21)27-25(29(24)16-20-8-5-13-32-20)33-17-19-7-2-3-9-22(19)26/h2-3,7,9-11,14,18,20H,4-6,8,12-13,15-17H2,1H3/t18-,20-/m1/s1. The molecule has 1 aromatic heterocycles. The van der Waals surface area contributed by atoms with Crippen LogP contribution in [0.1, 0.15) is 38.2 Å². The van der Waals surface area contributed by atoms with Crippen LogP contribution in [0.3, 0.4) is 0 Å². The third-order valence-corrected chi connectivity index (χ3v) is 9.55. The molecule has 0 amide bonds. The number of halogens is 1. The zero-order valence-corrected chi connectivity index (χ0v) is 21.0. The van der Waals surface area contributed by atoms with Crippen molar-refractivity contribution < 1.29 is 17.5 Å². The van der Waals surface area contributed by atoms with E-state index in [1.165, 1.54) is 17.8 Å². The smallest absolute Gasteiger partial charge is 0.243 e. The Balaban J connectivity index is 1.48. The maximum absolute atomic E-state index is 14.2. The highest BCUT2D eigenvalue weighted by atomic mass is 32.2. The highest BCUT2D eigenvalue weighted by Gasteiger charge is 2.29. The van der Waals surface area contributed by atoms with Crippen LogP contribution in [0.5, 0.6) is 0 Å². The molecular formula is C25H30FN3O3S2. The Bertz CT molecular complexity index is 1270. The molecule has 0 saturated carbocycles. The lowest BCUT2D eigenvalue weighted by molar-refractivity contribution is 0.0960. The zero-order chi connectivity index (χ0) is 23.7. The molecule has 34 heavy (non-hydrogen) atoms. The van der Waals surface area contributed by atoms with Crippen molar-refractivity contribution in [1.29, 1.82) is 0 Å². The SMILES string of the molecule is C[C@@H]1CCCN(S(=O)(=O)c2ccc3c(c2)nc(SCc2ccccc2F)n3C[C@H]2CCCO2)C1. The van der Waals surface area contributed by atoms with Gasteiger partial charge in [0.15, 0.2) is 5.16 Å². The third kappa shape index (κ3) is 4.89. The van der Waals surface area contributed by atoms with Gasteiger partial charge in [-0.05, 0) is 61.4 Å². The van der Waals surface area contributed by atoms with E-state index in [1.54, 1.807) is 28.6 Å². The van der Waals surface area contributed by atoms with Crippen molar-refractivity contribution in [2.75, 3.05) is 19.7 Å². The molecule has 3 heterocycles. The predicted molar refractivity (Wildman–Crippen MR) is 132 cm³/mol. The second-order valence-corrected chi connectivity index (χ2v) is 12.2. The number of ether oxygens (including phenoxy) is 1. The number of sulfonamides is 1. The van der Waals surface area contributed by atoms with E-state index in [0.717, 1.165) is 43.0 Å². The van der Waals surface area contributed by atoms with Gasteiger partial charge in [-0.3, -0.25) is 0 Å². The van der Waals surface area contributed by atoms with Gasteiger partial charge >= 0.3 is 0 Å². The number of imidazole rings is 1. The van der Waals surface area contributed by atoms with Gasteiger partial charge in [-0.25, -0.2) is 17.8 Å². The third-order valence-electron chi connectivity index (χ3n) is 6.67. The minimum Gasteiger partial charge on any atom is -0.376 e. The number of thioether (sulfide) groups is 1. The molecule has 3 aromatic rings. The van der Waals surface area contributed by atoms with Crippen LogP contribution in [0.25, 0.3) is 11.0 Å². The lowest BCUT2D eigenvalue weighted by Gasteiger charge is -2.30. The van der Waals surface area contributed by atoms with Crippen molar-refractivity contribution >= 4 is 32.8 Å². The Hall–Kier alpha value is -1.94. The maximum Gasteiger partial charge on any atom is 0.243 e. The summed E-state index contributed by atoms with van der Waals surface area (Å²) in [6.45, 7) is 4.60. The largest absolute Gasteiger partial charge is 0.376 e. The average Bonchev–Trinajstić information content (AvgIpc) is 3.46. The molecule has 2 saturated heterocycles. The number of benzene rings is 2. The summed E-state index contributed by atoms with van der Waals surface area (Å²) >= 11 is 1.46. The van der Waals surface area contributed by atoms with E-state index in [2.05, 4.69) is 11.5 Å². The lowest BCUT2D eigenvalue weighted by atomic mass is 10.0. The molecule has 0 aliphatic carbocycles. The fraction of sp³-hybridized carbons (Fsp3) is 0.480. The molecule has 2 aliphatic heterocycles. The summed E-state index contributed by atoms with van der Waals surface area (Å²) in [5.41, 5.74) is 2.13. The predicted octanol–water partition coefficient (Wildman–Crippen LogP) is 5.07. The van der Waals surface area contributed by atoms with Gasteiger partial charge < -0.3 is 9.30 Å². The van der Waals surface area contributed by atoms with E-state index in [-0.39, 0.29) is 16.8 Å². The van der Waals surface area contributed by atoms with Crippen molar-refractivity contribution in [3.05, 3.63) is 53.8 Å². The zero-order valence-electron chi connectivity index (χ0n) is 19.3. The van der Waals surface area contributed by atoms with E-state index in [1.807, 2.05) is 12.1 Å². The van der Waals surface area contributed by atoms with Crippen molar-refractivity contribution in [3.63, 3.8) is 0 Å². The minimum atomic E-state index is -3.57. The first-order valence-electron chi connectivity index (χ1n) is 11.9. The van der Waals surface area contributed by atoms with Crippen molar-refractivity contribution in [2.24, 2.45) is 5.92 Å². The topological polar surface area (TPSA) is 64.4 Å². The fourth-order valence-electron chi connectivity index (χ4n) is 4.80. The molecule has 2 aliphatic rings. The summed E-state index contributed by atoms with van der Waals surface area (Å²) < 4.78 is 50.4. The molecule has 0 unspecified atom stereocenters. The summed E-state index contributed by atoms with van der Waals surface area (Å²) in [5, 5.41) is 0.745. The molecule has 0 spiro atoms. The molecule has 0 radical (unpaired) electrons. The Morgan fingerprint density at radius 2 is 2.03 bits per heavy atom. The lowest BCUT2D eigenvalue weighted by Crippen LogP contribution is -2.39. The number of nitrogens with zero attached hydrogens (tertiary/aromatic N) is 3. The average molecular weight is 504 g/mol. The molecule has 9 heteroatoms. The van der Waals surface area contributed by atoms with E-state index >= 15 is 0 Å². The number of aromatic nitrogens is 2. The van der Waals surface area contributed by atoms with Gasteiger partial charge in [-0.15, -0.1) is 0 Å². The van der Waals surface area contributed by atoms with Crippen LogP contribution in [0, 0.1) is 11.7 Å². The molecule has 182 valence electrons. The maximum atomic E-state index is 14.2. The van der Waals surface area contributed by atoms with Crippen molar-refractivity contribution in [3.8, 4) is 0 Å². The molecule has 5 rings (SSSR count). The monoisotopic (exact) mass is 503 g/mol. The van der Waals surface area contributed by atoms with Crippen molar-refractivity contribution in [2.45, 2.75) is 61.1 Å². The fourth-order valence-corrected chi connectivity index (χ4v) is 7.43. The van der Waals surface area contributed by atoms with Gasteiger partial charge in [-0.1, -0.05) is 36.9 Å².